The van der Waals surface area contributed by atoms with E-state index in [-0.39, 0.29) is 5.78 Å². The quantitative estimate of drug-likeness (QED) is 0.522. The van der Waals surface area contributed by atoms with Gasteiger partial charge in [0, 0.05) is 6.92 Å². The largest absolute Gasteiger partial charge is 0.296 e. The molecular weight excluding hydrogens is 140 g/mol. The van der Waals surface area contributed by atoms with Crippen molar-refractivity contribution in [1.82, 2.24) is 4.90 Å². The second-order valence-electron chi connectivity index (χ2n) is 3.09. The van der Waals surface area contributed by atoms with Crippen LogP contribution in [0.4, 0.5) is 0 Å². The highest BCUT2D eigenvalue weighted by atomic mass is 16.1. The van der Waals surface area contributed by atoms with Gasteiger partial charge in [-0.2, -0.15) is 0 Å². The number of hydrogen-bond acceptors (Lipinski definition) is 2. The van der Waals surface area contributed by atoms with E-state index < -0.39 is 0 Å². The van der Waals surface area contributed by atoms with Crippen molar-refractivity contribution in [3.63, 3.8) is 0 Å². The lowest BCUT2D eigenvalue weighted by Crippen LogP contribution is -2.31. The topological polar surface area (TPSA) is 23.3 Å². The lowest BCUT2D eigenvalue weighted by atomic mass is 10.4. The van der Waals surface area contributed by atoms with Crippen LogP contribution in [0.1, 0.15) is 13.8 Å². The van der Waals surface area contributed by atoms with Crippen molar-refractivity contribution in [3.05, 3.63) is 0 Å². The van der Waals surface area contributed by atoms with Crippen LogP contribution >= 0.6 is 0 Å². The first-order valence-electron chi connectivity index (χ1n) is 3.90. The van der Waals surface area contributed by atoms with Crippen molar-refractivity contribution < 1.29 is 9.37 Å². The van der Waals surface area contributed by atoms with Crippen molar-refractivity contribution >= 4 is 11.6 Å². The fourth-order valence-electron chi connectivity index (χ4n) is 1.30. The molecule has 0 fully saturated rings. The van der Waals surface area contributed by atoms with Crippen LogP contribution in [-0.2, 0) is 4.79 Å². The minimum atomic E-state index is 0.236. The lowest BCUT2D eigenvalue weighted by Gasteiger charge is -2.06. The van der Waals surface area contributed by atoms with E-state index in [0.717, 1.165) is 13.1 Å². The van der Waals surface area contributed by atoms with E-state index in [2.05, 4.69) is 23.4 Å². The van der Waals surface area contributed by atoms with E-state index in [1.165, 1.54) is 5.84 Å². The zero-order valence-electron chi connectivity index (χ0n) is 7.42. The Balaban J connectivity index is 2.57. The number of rotatable bonds is 2. The van der Waals surface area contributed by atoms with Gasteiger partial charge in [0.1, 0.15) is 19.6 Å². The molecule has 0 radical (unpaired) electrons. The molecule has 0 aliphatic carbocycles. The van der Waals surface area contributed by atoms with Crippen molar-refractivity contribution in [2.75, 3.05) is 26.7 Å². The Morgan fingerprint density at radius 1 is 1.73 bits per heavy atom. The summed E-state index contributed by atoms with van der Waals surface area (Å²) in [5.41, 5.74) is 0. The minimum Gasteiger partial charge on any atom is -0.296 e. The third kappa shape index (κ3) is 1.79. The highest BCUT2D eigenvalue weighted by Gasteiger charge is 2.24. The fraction of sp³-hybridized carbons (Fsp3) is 0.750. The molecule has 1 aliphatic heterocycles. The molecular formula is C8H15N2O+. The molecule has 0 aromatic carbocycles. The van der Waals surface area contributed by atoms with Crippen LogP contribution in [0.25, 0.3) is 0 Å². The predicted molar refractivity (Wildman–Crippen MR) is 44.0 cm³/mol. The minimum absolute atomic E-state index is 0.236. The van der Waals surface area contributed by atoms with E-state index in [4.69, 9.17) is 0 Å². The summed E-state index contributed by atoms with van der Waals surface area (Å²) in [5, 5.41) is 0. The molecule has 0 bridgehead atoms. The second kappa shape index (κ2) is 3.03. The standard InChI is InChI=1S/C8H15N2O/c1-7(11)6-10-5-4-9(3)8(10)2/h4-6H2,1-3H3/q+1. The Labute approximate surface area is 67.3 Å². The van der Waals surface area contributed by atoms with Crippen LogP contribution in [0, 0.1) is 0 Å². The molecule has 1 aliphatic rings. The summed E-state index contributed by atoms with van der Waals surface area (Å²) in [6.45, 7) is 6.28. The normalized spacial score (nSPS) is 17.9. The summed E-state index contributed by atoms with van der Waals surface area (Å²) in [6, 6.07) is 0. The van der Waals surface area contributed by atoms with Gasteiger partial charge in [0.25, 0.3) is 0 Å². The third-order valence-corrected chi connectivity index (χ3v) is 2.13. The molecule has 0 amide bonds. The smallest absolute Gasteiger partial charge is 0.244 e. The maximum atomic E-state index is 10.8. The molecule has 1 rings (SSSR count). The molecule has 62 valence electrons. The molecule has 0 spiro atoms. The summed E-state index contributed by atoms with van der Waals surface area (Å²) in [5.74, 6) is 1.44. The molecule has 11 heavy (non-hydrogen) atoms. The zero-order valence-corrected chi connectivity index (χ0v) is 7.42. The third-order valence-electron chi connectivity index (χ3n) is 2.13. The molecule has 0 atom stereocenters. The summed E-state index contributed by atoms with van der Waals surface area (Å²) in [6.07, 6.45) is 0. The summed E-state index contributed by atoms with van der Waals surface area (Å²) in [7, 11) is 2.05. The predicted octanol–water partition coefficient (Wildman–Crippen LogP) is -0.0483. The first-order chi connectivity index (χ1) is 5.11. The molecule has 0 aromatic heterocycles. The van der Waals surface area contributed by atoms with Gasteiger partial charge in [-0.05, 0) is 6.92 Å². The van der Waals surface area contributed by atoms with Crippen molar-refractivity contribution in [2.24, 2.45) is 0 Å². The van der Waals surface area contributed by atoms with Crippen molar-refractivity contribution in [3.8, 4) is 0 Å². The Hall–Kier alpha value is -0.860. The van der Waals surface area contributed by atoms with Crippen LogP contribution in [-0.4, -0.2) is 47.8 Å². The SMILES string of the molecule is CC(=O)CN1CC[N+](C)=C1C. The molecule has 0 unspecified atom stereocenters. The average Bonchev–Trinajstić information content (AvgIpc) is 2.18. The van der Waals surface area contributed by atoms with Crippen LogP contribution < -0.4 is 0 Å². The number of amidine groups is 1. The second-order valence-corrected chi connectivity index (χ2v) is 3.09. The molecule has 0 saturated carbocycles. The van der Waals surface area contributed by atoms with Crippen LogP contribution in [0.5, 0.6) is 0 Å². The van der Waals surface area contributed by atoms with Crippen LogP contribution in [0.15, 0.2) is 0 Å². The van der Waals surface area contributed by atoms with Crippen LogP contribution in [0.2, 0.25) is 0 Å². The maximum absolute atomic E-state index is 10.8. The molecule has 0 saturated heterocycles. The Kier molecular flexibility index (Phi) is 2.27. The van der Waals surface area contributed by atoms with E-state index in [0.29, 0.717) is 6.54 Å². The Morgan fingerprint density at radius 3 is 2.73 bits per heavy atom. The molecule has 3 heteroatoms. The van der Waals surface area contributed by atoms with Gasteiger partial charge in [-0.3, -0.25) is 14.3 Å². The van der Waals surface area contributed by atoms with Gasteiger partial charge in [0.05, 0.1) is 7.05 Å². The Morgan fingerprint density at radius 2 is 2.36 bits per heavy atom. The lowest BCUT2D eigenvalue weighted by molar-refractivity contribution is -0.487. The van der Waals surface area contributed by atoms with E-state index in [1.54, 1.807) is 6.92 Å². The van der Waals surface area contributed by atoms with Crippen molar-refractivity contribution in [1.29, 1.82) is 0 Å². The molecule has 0 aromatic rings. The van der Waals surface area contributed by atoms with Gasteiger partial charge in [-0.25, -0.2) is 0 Å². The van der Waals surface area contributed by atoms with Gasteiger partial charge in [-0.15, -0.1) is 0 Å². The van der Waals surface area contributed by atoms with Gasteiger partial charge in [-0.1, -0.05) is 0 Å². The summed E-state index contributed by atoms with van der Waals surface area (Å²) < 4.78 is 2.17. The number of likely N-dealkylation sites (N-methyl/N-ethyl adjacent to an activating group) is 1. The van der Waals surface area contributed by atoms with Gasteiger partial charge < -0.3 is 0 Å². The fourth-order valence-corrected chi connectivity index (χ4v) is 1.30. The van der Waals surface area contributed by atoms with Crippen molar-refractivity contribution in [2.45, 2.75) is 13.8 Å². The van der Waals surface area contributed by atoms with E-state index >= 15 is 0 Å². The first-order valence-corrected chi connectivity index (χ1v) is 3.90. The maximum Gasteiger partial charge on any atom is 0.244 e. The zero-order chi connectivity index (χ0) is 8.43. The number of ketones is 1. The van der Waals surface area contributed by atoms with Gasteiger partial charge in [0.2, 0.25) is 5.84 Å². The van der Waals surface area contributed by atoms with Crippen LogP contribution in [0.3, 0.4) is 0 Å². The Bertz CT molecular complexity index is 208. The highest BCUT2D eigenvalue weighted by molar-refractivity contribution is 5.84. The van der Waals surface area contributed by atoms with E-state index in [9.17, 15) is 4.79 Å². The number of carbonyl (C=O) groups is 1. The van der Waals surface area contributed by atoms with Gasteiger partial charge >= 0.3 is 0 Å². The first kappa shape index (κ1) is 8.24. The molecule has 3 nitrogen and oxygen atoms in total. The van der Waals surface area contributed by atoms with Gasteiger partial charge in [0.15, 0.2) is 5.78 Å². The number of hydrogen-bond donors (Lipinski definition) is 0. The average molecular weight is 155 g/mol. The number of Topliss-reactive ketones (excluding diaryl/α,β-unsaturated/α-hetero) is 1. The van der Waals surface area contributed by atoms with E-state index in [1.807, 2.05) is 0 Å². The monoisotopic (exact) mass is 155 g/mol. The number of carbonyl (C=O) groups excluding carboxylic acids is 1. The highest BCUT2D eigenvalue weighted by Crippen LogP contribution is 1.98. The molecule has 1 heterocycles. The summed E-state index contributed by atoms with van der Waals surface area (Å²) in [4.78, 5) is 12.9. The molecule has 0 N–H and O–H groups in total. The summed E-state index contributed by atoms with van der Waals surface area (Å²) >= 11 is 0. The number of nitrogens with zero attached hydrogens (tertiary/aromatic N) is 2.